The number of piperidine rings is 1. The van der Waals surface area contributed by atoms with Crippen molar-refractivity contribution in [3.05, 3.63) is 36.9 Å². The molecule has 0 aliphatic carbocycles. The Hall–Kier alpha value is -3.43. The maximum Gasteiger partial charge on any atom is 0.410 e. The molecule has 4 rings (SSSR count). The molecule has 2 fully saturated rings. The lowest BCUT2D eigenvalue weighted by Gasteiger charge is -2.36. The standard InChI is InChI=1S/C24H33N7O3/c1-24(2,3)34-23(33)30-13-11-29(12-14-30)19-6-7-20(27-15-19)28-22(32)18-5-4-10-31(17-18)21-16-25-8-9-26-21/h6-9,15-16,18H,4-5,10-14,17H2,1-3H3,(H,27,28,32). The van der Waals surface area contributed by atoms with Crippen molar-refractivity contribution in [1.82, 2.24) is 19.9 Å². The van der Waals surface area contributed by atoms with Crippen LogP contribution in [0.25, 0.3) is 0 Å². The minimum atomic E-state index is -0.496. The van der Waals surface area contributed by atoms with Crippen LogP contribution >= 0.6 is 0 Å². The number of amides is 2. The molecule has 2 aliphatic rings. The van der Waals surface area contributed by atoms with Crippen molar-refractivity contribution in [2.24, 2.45) is 5.92 Å². The van der Waals surface area contributed by atoms with Crippen molar-refractivity contribution in [3.8, 4) is 0 Å². The molecule has 2 saturated heterocycles. The summed E-state index contributed by atoms with van der Waals surface area (Å²) in [6.07, 6.45) is 8.30. The van der Waals surface area contributed by atoms with Crippen LogP contribution in [-0.4, -0.2) is 76.7 Å². The van der Waals surface area contributed by atoms with Gasteiger partial charge in [0.05, 0.1) is 24.0 Å². The summed E-state index contributed by atoms with van der Waals surface area (Å²) in [6.45, 7) is 9.69. The fraction of sp³-hybridized carbons (Fsp3) is 0.542. The Morgan fingerprint density at radius 3 is 2.44 bits per heavy atom. The van der Waals surface area contributed by atoms with Gasteiger partial charge in [0.2, 0.25) is 5.91 Å². The normalized spacial score (nSPS) is 19.0. The lowest BCUT2D eigenvalue weighted by atomic mass is 9.97. The van der Waals surface area contributed by atoms with E-state index in [9.17, 15) is 9.59 Å². The molecule has 10 nitrogen and oxygen atoms in total. The van der Waals surface area contributed by atoms with E-state index in [0.717, 1.165) is 30.9 Å². The summed E-state index contributed by atoms with van der Waals surface area (Å²) in [4.78, 5) is 44.1. The Bertz CT molecular complexity index is 970. The first kappa shape index (κ1) is 23.7. The third kappa shape index (κ3) is 6.12. The number of hydrogen-bond donors (Lipinski definition) is 1. The SMILES string of the molecule is CC(C)(C)OC(=O)N1CCN(c2ccc(NC(=O)C3CCCN(c4cnccn4)C3)nc2)CC1. The number of anilines is 3. The van der Waals surface area contributed by atoms with Crippen LogP contribution in [0.15, 0.2) is 36.9 Å². The highest BCUT2D eigenvalue weighted by atomic mass is 16.6. The first-order valence-corrected chi connectivity index (χ1v) is 11.8. The molecule has 1 unspecified atom stereocenters. The van der Waals surface area contributed by atoms with Crippen molar-refractivity contribution >= 4 is 29.3 Å². The smallest absolute Gasteiger partial charge is 0.410 e. The van der Waals surface area contributed by atoms with E-state index in [0.29, 0.717) is 38.5 Å². The summed E-state index contributed by atoms with van der Waals surface area (Å²) in [5.41, 5.74) is 0.470. The van der Waals surface area contributed by atoms with E-state index in [1.54, 1.807) is 29.7 Å². The quantitative estimate of drug-likeness (QED) is 0.732. The molecule has 1 atom stereocenters. The lowest BCUT2D eigenvalue weighted by molar-refractivity contribution is -0.120. The number of pyridine rings is 1. The van der Waals surface area contributed by atoms with Crippen LogP contribution in [0.2, 0.25) is 0 Å². The van der Waals surface area contributed by atoms with E-state index < -0.39 is 5.60 Å². The van der Waals surface area contributed by atoms with Gasteiger partial charge in [-0.15, -0.1) is 0 Å². The Labute approximate surface area is 200 Å². The van der Waals surface area contributed by atoms with Gasteiger partial charge in [0, 0.05) is 51.7 Å². The van der Waals surface area contributed by atoms with Crippen molar-refractivity contribution in [1.29, 1.82) is 0 Å². The van der Waals surface area contributed by atoms with Gasteiger partial charge in [-0.05, 0) is 45.7 Å². The van der Waals surface area contributed by atoms with E-state index in [4.69, 9.17) is 4.74 Å². The zero-order valence-electron chi connectivity index (χ0n) is 20.1. The largest absolute Gasteiger partial charge is 0.444 e. The molecule has 34 heavy (non-hydrogen) atoms. The minimum absolute atomic E-state index is 0.0279. The molecule has 0 radical (unpaired) electrons. The van der Waals surface area contributed by atoms with Crippen molar-refractivity contribution in [3.63, 3.8) is 0 Å². The van der Waals surface area contributed by atoms with Crippen LogP contribution < -0.4 is 15.1 Å². The van der Waals surface area contributed by atoms with E-state index in [-0.39, 0.29) is 17.9 Å². The van der Waals surface area contributed by atoms with Gasteiger partial charge in [-0.2, -0.15) is 0 Å². The van der Waals surface area contributed by atoms with Gasteiger partial charge in [-0.25, -0.2) is 14.8 Å². The maximum absolute atomic E-state index is 12.9. The number of rotatable bonds is 4. The molecule has 2 aromatic rings. The lowest BCUT2D eigenvalue weighted by Crippen LogP contribution is -2.50. The van der Waals surface area contributed by atoms with E-state index >= 15 is 0 Å². The zero-order chi connectivity index (χ0) is 24.1. The van der Waals surface area contributed by atoms with Crippen LogP contribution in [0.1, 0.15) is 33.6 Å². The Morgan fingerprint density at radius 1 is 1.00 bits per heavy atom. The predicted octanol–water partition coefficient (Wildman–Crippen LogP) is 2.78. The Kier molecular flexibility index (Phi) is 7.14. The second-order valence-electron chi connectivity index (χ2n) is 9.69. The van der Waals surface area contributed by atoms with Gasteiger partial charge in [0.1, 0.15) is 17.2 Å². The third-order valence-corrected chi connectivity index (χ3v) is 5.96. The first-order valence-electron chi connectivity index (χ1n) is 11.8. The van der Waals surface area contributed by atoms with Crippen LogP contribution in [0.3, 0.4) is 0 Å². The summed E-state index contributed by atoms with van der Waals surface area (Å²) < 4.78 is 5.46. The molecule has 10 heteroatoms. The maximum atomic E-state index is 12.9. The van der Waals surface area contributed by atoms with E-state index in [2.05, 4.69) is 30.1 Å². The molecule has 4 heterocycles. The van der Waals surface area contributed by atoms with Crippen LogP contribution in [0.4, 0.5) is 22.1 Å². The molecule has 2 aromatic heterocycles. The second kappa shape index (κ2) is 10.2. The second-order valence-corrected chi connectivity index (χ2v) is 9.69. The third-order valence-electron chi connectivity index (χ3n) is 5.96. The summed E-state index contributed by atoms with van der Waals surface area (Å²) in [7, 11) is 0. The van der Waals surface area contributed by atoms with Gasteiger partial charge >= 0.3 is 6.09 Å². The molecule has 2 amide bonds. The molecule has 182 valence electrons. The number of hydrogen-bond acceptors (Lipinski definition) is 8. The number of nitrogens with one attached hydrogen (secondary N) is 1. The van der Waals surface area contributed by atoms with Crippen molar-refractivity contribution in [2.75, 3.05) is 54.4 Å². The average molecular weight is 468 g/mol. The molecule has 0 aromatic carbocycles. The number of piperazine rings is 1. The number of nitrogens with zero attached hydrogens (tertiary/aromatic N) is 6. The van der Waals surface area contributed by atoms with Crippen molar-refractivity contribution < 1.29 is 14.3 Å². The number of carbonyl (C=O) groups excluding carboxylic acids is 2. The number of aromatic nitrogens is 3. The fourth-order valence-corrected chi connectivity index (χ4v) is 4.20. The van der Waals surface area contributed by atoms with Crippen LogP contribution in [0.5, 0.6) is 0 Å². The molecule has 0 saturated carbocycles. The molecule has 0 spiro atoms. The topological polar surface area (TPSA) is 104 Å². The molecule has 1 N–H and O–H groups in total. The minimum Gasteiger partial charge on any atom is -0.444 e. The molecular formula is C24H33N7O3. The molecule has 0 bridgehead atoms. The highest BCUT2D eigenvalue weighted by Gasteiger charge is 2.28. The summed E-state index contributed by atoms with van der Waals surface area (Å²) >= 11 is 0. The number of ether oxygens (including phenoxy) is 1. The zero-order valence-corrected chi connectivity index (χ0v) is 20.1. The molecule has 2 aliphatic heterocycles. The van der Waals surface area contributed by atoms with Gasteiger partial charge in [-0.3, -0.25) is 9.78 Å². The van der Waals surface area contributed by atoms with Crippen LogP contribution in [0, 0.1) is 5.92 Å². The van der Waals surface area contributed by atoms with Gasteiger partial charge in [0.25, 0.3) is 0 Å². The molecular weight excluding hydrogens is 434 g/mol. The van der Waals surface area contributed by atoms with Gasteiger partial charge < -0.3 is 24.8 Å². The fourth-order valence-electron chi connectivity index (χ4n) is 4.20. The predicted molar refractivity (Wildman–Crippen MR) is 130 cm³/mol. The highest BCUT2D eigenvalue weighted by Crippen LogP contribution is 2.23. The average Bonchev–Trinajstić information content (AvgIpc) is 2.84. The van der Waals surface area contributed by atoms with Crippen molar-refractivity contribution in [2.45, 2.75) is 39.2 Å². The first-order chi connectivity index (χ1) is 16.3. The number of carbonyl (C=O) groups is 2. The highest BCUT2D eigenvalue weighted by molar-refractivity contribution is 5.92. The Morgan fingerprint density at radius 2 is 1.79 bits per heavy atom. The summed E-state index contributed by atoms with van der Waals surface area (Å²) in [5.74, 6) is 1.19. The monoisotopic (exact) mass is 467 g/mol. The Balaban J connectivity index is 1.28. The van der Waals surface area contributed by atoms with E-state index in [1.807, 2.05) is 32.9 Å². The van der Waals surface area contributed by atoms with E-state index in [1.165, 1.54) is 0 Å². The van der Waals surface area contributed by atoms with Crippen LogP contribution in [-0.2, 0) is 9.53 Å². The summed E-state index contributed by atoms with van der Waals surface area (Å²) in [6, 6.07) is 3.79. The van der Waals surface area contributed by atoms with Gasteiger partial charge in [-0.1, -0.05) is 0 Å². The van der Waals surface area contributed by atoms with Gasteiger partial charge in [0.15, 0.2) is 0 Å². The summed E-state index contributed by atoms with van der Waals surface area (Å²) in [5, 5.41) is 2.96.